The van der Waals surface area contributed by atoms with Gasteiger partial charge in [-0.1, -0.05) is 29.8 Å². The first-order chi connectivity index (χ1) is 13.7. The van der Waals surface area contributed by atoms with Gasteiger partial charge in [-0.25, -0.2) is 0 Å². The van der Waals surface area contributed by atoms with Gasteiger partial charge in [-0.3, -0.25) is 19.0 Å². The van der Waals surface area contributed by atoms with Crippen molar-refractivity contribution < 1.29 is 13.2 Å². The molecule has 0 aliphatic carbocycles. The summed E-state index contributed by atoms with van der Waals surface area (Å²) in [7, 11) is 1.23. The summed E-state index contributed by atoms with van der Waals surface area (Å²) in [6, 6.07) is 9.00. The average molecular weight is 419 g/mol. The largest absolute Gasteiger partial charge is 0.433 e. The average Bonchev–Trinajstić information content (AvgIpc) is 3.35. The number of alkyl halides is 3. The van der Waals surface area contributed by atoms with Gasteiger partial charge in [0.25, 0.3) is 0 Å². The Morgan fingerprint density at radius 3 is 2.55 bits per heavy atom. The lowest BCUT2D eigenvalue weighted by Gasteiger charge is -2.04. The quantitative estimate of drug-likeness (QED) is 0.510. The Labute approximate surface area is 168 Å². The van der Waals surface area contributed by atoms with Crippen LogP contribution in [-0.2, 0) is 19.8 Å². The van der Waals surface area contributed by atoms with E-state index in [1.807, 2.05) is 31.2 Å². The molecule has 0 unspecified atom stereocenters. The molecule has 4 rings (SSSR count). The van der Waals surface area contributed by atoms with Crippen molar-refractivity contribution in [2.24, 2.45) is 7.05 Å². The van der Waals surface area contributed by atoms with Crippen LogP contribution in [-0.4, -0.2) is 34.3 Å². The molecule has 0 saturated carbocycles. The Bertz CT molecular complexity index is 1210. The third kappa shape index (κ3) is 3.73. The van der Waals surface area contributed by atoms with Crippen LogP contribution in [0.4, 0.5) is 13.2 Å². The molecule has 0 spiro atoms. The minimum atomic E-state index is -4.52. The molecule has 11 heteroatoms. The summed E-state index contributed by atoms with van der Waals surface area (Å²) in [4.78, 5) is 0. The SMILES string of the molecule is Cc1ccc(Cn2cc(-n3c(-c4cc(C(F)(F)F)n(C)n4)n[nH]c3=S)cn2)cc1. The molecule has 1 aromatic carbocycles. The summed E-state index contributed by atoms with van der Waals surface area (Å²) in [5.74, 6) is 0.177. The Balaban J connectivity index is 1.69. The zero-order valence-electron chi connectivity index (χ0n) is 15.5. The topological polar surface area (TPSA) is 69.2 Å². The lowest BCUT2D eigenvalue weighted by molar-refractivity contribution is -0.143. The van der Waals surface area contributed by atoms with E-state index in [9.17, 15) is 13.2 Å². The molecule has 3 aromatic heterocycles. The van der Waals surface area contributed by atoms with Gasteiger partial charge in [-0.15, -0.1) is 0 Å². The van der Waals surface area contributed by atoms with Gasteiger partial charge < -0.3 is 0 Å². The molecule has 0 aliphatic rings. The van der Waals surface area contributed by atoms with Crippen molar-refractivity contribution in [3.8, 4) is 17.2 Å². The van der Waals surface area contributed by atoms with Crippen molar-refractivity contribution in [2.45, 2.75) is 19.6 Å². The Hall–Kier alpha value is -3.21. The number of hydrogen-bond acceptors (Lipinski definition) is 4. The molecule has 29 heavy (non-hydrogen) atoms. The third-order valence-corrected chi connectivity index (χ3v) is 4.69. The van der Waals surface area contributed by atoms with E-state index in [-0.39, 0.29) is 16.3 Å². The van der Waals surface area contributed by atoms with E-state index < -0.39 is 11.9 Å². The monoisotopic (exact) mass is 419 g/mol. The first-order valence-electron chi connectivity index (χ1n) is 8.60. The smallest absolute Gasteiger partial charge is 0.266 e. The summed E-state index contributed by atoms with van der Waals surface area (Å²) in [6.07, 6.45) is -1.18. The van der Waals surface area contributed by atoms with Crippen molar-refractivity contribution >= 4 is 12.2 Å². The van der Waals surface area contributed by atoms with E-state index in [4.69, 9.17) is 12.2 Å². The molecule has 150 valence electrons. The van der Waals surface area contributed by atoms with E-state index >= 15 is 0 Å². The van der Waals surface area contributed by atoms with Crippen LogP contribution in [0.3, 0.4) is 0 Å². The van der Waals surface area contributed by atoms with Gasteiger partial charge in [0.15, 0.2) is 10.6 Å². The maximum Gasteiger partial charge on any atom is 0.433 e. The van der Waals surface area contributed by atoms with Crippen LogP contribution in [0.2, 0.25) is 0 Å². The molecule has 4 aromatic rings. The Kier molecular flexibility index (Phi) is 4.61. The zero-order chi connectivity index (χ0) is 20.8. The van der Waals surface area contributed by atoms with Gasteiger partial charge in [0.1, 0.15) is 11.4 Å². The highest BCUT2D eigenvalue weighted by atomic mass is 32.1. The van der Waals surface area contributed by atoms with E-state index in [1.54, 1.807) is 17.1 Å². The number of aromatic amines is 1. The second kappa shape index (κ2) is 6.99. The molecule has 0 bridgehead atoms. The highest BCUT2D eigenvalue weighted by molar-refractivity contribution is 7.71. The number of rotatable bonds is 4. The predicted molar refractivity (Wildman–Crippen MR) is 102 cm³/mol. The second-order valence-electron chi connectivity index (χ2n) is 6.61. The van der Waals surface area contributed by atoms with Crippen LogP contribution in [0, 0.1) is 11.7 Å². The molecule has 0 fully saturated rings. The number of H-pyrrole nitrogens is 1. The van der Waals surface area contributed by atoms with E-state index in [0.29, 0.717) is 12.2 Å². The predicted octanol–water partition coefficient (Wildman–Crippen LogP) is 3.90. The summed E-state index contributed by atoms with van der Waals surface area (Å²) in [5.41, 5.74) is 1.99. The highest BCUT2D eigenvalue weighted by Crippen LogP contribution is 2.31. The zero-order valence-corrected chi connectivity index (χ0v) is 16.3. The lowest BCUT2D eigenvalue weighted by Crippen LogP contribution is -2.11. The van der Waals surface area contributed by atoms with E-state index in [0.717, 1.165) is 21.9 Å². The van der Waals surface area contributed by atoms with Crippen LogP contribution in [0.25, 0.3) is 17.2 Å². The summed E-state index contributed by atoms with van der Waals surface area (Å²) >= 11 is 5.27. The molecule has 0 amide bonds. The number of benzene rings is 1. The normalized spacial score (nSPS) is 11.9. The van der Waals surface area contributed by atoms with Crippen molar-refractivity contribution in [1.82, 2.24) is 34.3 Å². The Morgan fingerprint density at radius 1 is 1.17 bits per heavy atom. The van der Waals surface area contributed by atoms with Gasteiger partial charge in [0.05, 0.1) is 18.4 Å². The molecule has 0 radical (unpaired) electrons. The summed E-state index contributed by atoms with van der Waals surface area (Å²) in [6.45, 7) is 2.56. The summed E-state index contributed by atoms with van der Waals surface area (Å²) < 4.78 is 43.6. The maximum atomic E-state index is 13.1. The van der Waals surface area contributed by atoms with Gasteiger partial charge in [-0.05, 0) is 30.8 Å². The molecule has 0 saturated heterocycles. The highest BCUT2D eigenvalue weighted by Gasteiger charge is 2.35. The standard InChI is InChI=1S/C18H16F3N7S/c1-11-3-5-12(6-4-11)9-27-10-13(8-22-27)28-16(23-24-17(28)29)14-7-15(18(19,20)21)26(2)25-14/h3-8,10H,9H2,1-2H3,(H,24,29). The minimum Gasteiger partial charge on any atom is -0.266 e. The van der Waals surface area contributed by atoms with Crippen LogP contribution in [0.15, 0.2) is 42.7 Å². The lowest BCUT2D eigenvalue weighted by atomic mass is 10.1. The number of nitrogens with zero attached hydrogens (tertiary/aromatic N) is 6. The first kappa shape index (κ1) is 19.1. The molecule has 1 N–H and O–H groups in total. The maximum absolute atomic E-state index is 13.1. The fourth-order valence-electron chi connectivity index (χ4n) is 2.99. The number of hydrogen-bond donors (Lipinski definition) is 1. The van der Waals surface area contributed by atoms with Crippen molar-refractivity contribution in [2.75, 3.05) is 0 Å². The molecule has 7 nitrogen and oxygen atoms in total. The van der Waals surface area contributed by atoms with Gasteiger partial charge in [-0.2, -0.15) is 28.5 Å². The molecule has 0 atom stereocenters. The number of aryl methyl sites for hydroxylation is 2. The molecule has 0 aliphatic heterocycles. The molecule has 3 heterocycles. The second-order valence-corrected chi connectivity index (χ2v) is 6.99. The number of aromatic nitrogens is 7. The number of nitrogens with one attached hydrogen (secondary N) is 1. The van der Waals surface area contributed by atoms with Crippen LogP contribution < -0.4 is 0 Å². The third-order valence-electron chi connectivity index (χ3n) is 4.41. The van der Waals surface area contributed by atoms with E-state index in [2.05, 4.69) is 20.4 Å². The van der Waals surface area contributed by atoms with Crippen molar-refractivity contribution in [3.05, 3.63) is 64.3 Å². The van der Waals surface area contributed by atoms with Crippen molar-refractivity contribution in [1.29, 1.82) is 0 Å². The van der Waals surface area contributed by atoms with Crippen molar-refractivity contribution in [3.63, 3.8) is 0 Å². The summed E-state index contributed by atoms with van der Waals surface area (Å²) in [5, 5.41) is 15.0. The van der Waals surface area contributed by atoms with Crippen LogP contribution >= 0.6 is 12.2 Å². The van der Waals surface area contributed by atoms with Crippen LogP contribution in [0.5, 0.6) is 0 Å². The van der Waals surface area contributed by atoms with Gasteiger partial charge in [0, 0.05) is 13.2 Å². The molecular formula is C18H16F3N7S. The Morgan fingerprint density at radius 2 is 1.90 bits per heavy atom. The minimum absolute atomic E-state index is 0.0541. The first-order valence-corrected chi connectivity index (χ1v) is 9.00. The number of halogens is 3. The fraction of sp³-hybridized carbons (Fsp3) is 0.222. The fourth-order valence-corrected chi connectivity index (χ4v) is 3.22. The van der Waals surface area contributed by atoms with E-state index in [1.165, 1.54) is 11.6 Å². The van der Waals surface area contributed by atoms with Crippen LogP contribution in [0.1, 0.15) is 16.8 Å². The van der Waals surface area contributed by atoms with Gasteiger partial charge in [0.2, 0.25) is 0 Å². The van der Waals surface area contributed by atoms with Gasteiger partial charge >= 0.3 is 6.18 Å². The molecular weight excluding hydrogens is 403 g/mol.